The monoisotopic (exact) mass is 1000 g/mol. The third-order valence-corrected chi connectivity index (χ3v) is 16.3. The lowest BCUT2D eigenvalue weighted by Crippen LogP contribution is -2.10. The van der Waals surface area contributed by atoms with E-state index in [4.69, 9.17) is 4.42 Å². The first-order valence-electron chi connectivity index (χ1n) is 27.1. The number of fused-ring (bicyclic) bond motifs is 11. The fourth-order valence-corrected chi connectivity index (χ4v) is 12.7. The second kappa shape index (κ2) is 18.1. The number of para-hydroxylation sites is 2. The normalized spacial score (nSPS) is 11.8. The number of hydrogen-bond acceptors (Lipinski definition) is 2. The SMILES string of the molecule is c1ccc2c(-c3ccc(N(c4ccc(-c5cccc6ccccc56)cc4)c4cc(-c5ccc6c(c5)c5ccccc5n6-c5cc6ccccc6c6ccccc56)cc(-c5cccc6oc7ccccc7c56)c4)cc3)cccc2c1. The van der Waals surface area contributed by atoms with Crippen molar-refractivity contribution < 1.29 is 4.42 Å². The van der Waals surface area contributed by atoms with Gasteiger partial charge in [0.25, 0.3) is 0 Å². The minimum Gasteiger partial charge on any atom is -0.456 e. The highest BCUT2D eigenvalue weighted by atomic mass is 16.3. The molecule has 0 aliphatic carbocycles. The van der Waals surface area contributed by atoms with E-state index in [2.05, 4.69) is 295 Å². The van der Waals surface area contributed by atoms with E-state index in [1.54, 1.807) is 0 Å². The summed E-state index contributed by atoms with van der Waals surface area (Å²) in [6, 6.07) is 107. The maximum Gasteiger partial charge on any atom is 0.136 e. The van der Waals surface area contributed by atoms with Gasteiger partial charge in [0.05, 0.1) is 16.7 Å². The molecule has 16 aromatic rings. The van der Waals surface area contributed by atoms with Crippen LogP contribution in [0.25, 0.3) is 137 Å². The Bertz CT molecular complexity index is 4950. The number of aromatic nitrogens is 1. The number of nitrogens with zero attached hydrogens (tertiary/aromatic N) is 2. The van der Waals surface area contributed by atoms with Gasteiger partial charge in [-0.05, 0) is 161 Å². The van der Waals surface area contributed by atoms with E-state index in [0.29, 0.717) is 0 Å². The maximum atomic E-state index is 6.56. The number of anilines is 3. The molecule has 0 bridgehead atoms. The fourth-order valence-electron chi connectivity index (χ4n) is 12.7. The Morgan fingerprint density at radius 3 is 1.44 bits per heavy atom. The molecule has 0 aliphatic rings. The first-order valence-corrected chi connectivity index (χ1v) is 27.1. The molecule has 0 saturated heterocycles. The minimum absolute atomic E-state index is 0.867. The minimum atomic E-state index is 0.867. The van der Waals surface area contributed by atoms with Crippen LogP contribution in [0.15, 0.2) is 296 Å². The van der Waals surface area contributed by atoms with Crippen LogP contribution in [0.3, 0.4) is 0 Å². The first-order chi connectivity index (χ1) is 39.2. The topological polar surface area (TPSA) is 21.3 Å². The van der Waals surface area contributed by atoms with Gasteiger partial charge in [0.15, 0.2) is 0 Å². The quantitative estimate of drug-likeness (QED) is 0.142. The number of furan rings is 1. The zero-order valence-electron chi connectivity index (χ0n) is 43.0. The van der Waals surface area contributed by atoms with Gasteiger partial charge >= 0.3 is 0 Å². The average Bonchev–Trinajstić information content (AvgIpc) is 4.19. The number of hydrogen-bond donors (Lipinski definition) is 0. The molecular formula is C76H48N2O. The van der Waals surface area contributed by atoms with Crippen LogP contribution in [0.2, 0.25) is 0 Å². The van der Waals surface area contributed by atoms with Gasteiger partial charge in [0.2, 0.25) is 0 Å². The van der Waals surface area contributed by atoms with Gasteiger partial charge in [-0.25, -0.2) is 0 Å². The predicted molar refractivity (Wildman–Crippen MR) is 335 cm³/mol. The van der Waals surface area contributed by atoms with Crippen molar-refractivity contribution in [2.45, 2.75) is 0 Å². The molecular weight excluding hydrogens is 957 g/mol. The summed E-state index contributed by atoms with van der Waals surface area (Å²) in [6.45, 7) is 0. The van der Waals surface area contributed by atoms with Crippen molar-refractivity contribution in [3.8, 4) is 50.2 Å². The molecule has 3 heteroatoms. The summed E-state index contributed by atoms with van der Waals surface area (Å²) in [5.41, 5.74) is 17.6. The second-order valence-electron chi connectivity index (χ2n) is 20.8. The second-order valence-corrected chi connectivity index (χ2v) is 20.8. The van der Waals surface area contributed by atoms with Crippen LogP contribution < -0.4 is 4.90 Å². The Morgan fingerprint density at radius 1 is 0.253 bits per heavy atom. The van der Waals surface area contributed by atoms with E-state index >= 15 is 0 Å². The van der Waals surface area contributed by atoms with Crippen molar-refractivity contribution >= 4 is 104 Å². The van der Waals surface area contributed by atoms with Crippen LogP contribution in [0.5, 0.6) is 0 Å². The lowest BCUT2D eigenvalue weighted by molar-refractivity contribution is 0.669. The fraction of sp³-hybridized carbons (Fsp3) is 0. The van der Waals surface area contributed by atoms with Gasteiger partial charge in [0.1, 0.15) is 11.2 Å². The van der Waals surface area contributed by atoms with Crippen molar-refractivity contribution in [3.63, 3.8) is 0 Å². The zero-order valence-corrected chi connectivity index (χ0v) is 43.0. The zero-order chi connectivity index (χ0) is 52.0. The summed E-state index contributed by atoms with van der Waals surface area (Å²) in [5, 5.41) is 14.5. The van der Waals surface area contributed by atoms with E-state index in [-0.39, 0.29) is 0 Å². The van der Waals surface area contributed by atoms with E-state index in [1.165, 1.54) is 87.3 Å². The van der Waals surface area contributed by atoms with Crippen LogP contribution in [-0.4, -0.2) is 4.57 Å². The van der Waals surface area contributed by atoms with Gasteiger partial charge in [-0.15, -0.1) is 0 Å². The lowest BCUT2D eigenvalue weighted by atomic mass is 9.93. The highest BCUT2D eigenvalue weighted by Crippen LogP contribution is 2.46. The Labute approximate surface area is 456 Å². The summed E-state index contributed by atoms with van der Waals surface area (Å²) in [5.74, 6) is 0. The molecule has 0 radical (unpaired) electrons. The van der Waals surface area contributed by atoms with Gasteiger partial charge in [-0.1, -0.05) is 212 Å². The van der Waals surface area contributed by atoms with Crippen LogP contribution in [0.1, 0.15) is 0 Å². The molecule has 0 amide bonds. The van der Waals surface area contributed by atoms with Gasteiger partial charge in [-0.3, -0.25) is 0 Å². The van der Waals surface area contributed by atoms with E-state index < -0.39 is 0 Å². The van der Waals surface area contributed by atoms with Crippen molar-refractivity contribution in [1.29, 1.82) is 0 Å². The summed E-state index contributed by atoms with van der Waals surface area (Å²) >= 11 is 0. The highest BCUT2D eigenvalue weighted by Gasteiger charge is 2.22. The number of rotatable bonds is 8. The molecule has 0 aliphatic heterocycles. The van der Waals surface area contributed by atoms with E-state index in [9.17, 15) is 0 Å². The molecule has 2 aromatic heterocycles. The molecule has 0 spiro atoms. The summed E-state index contributed by atoms with van der Waals surface area (Å²) in [6.07, 6.45) is 0. The van der Waals surface area contributed by atoms with Crippen molar-refractivity contribution in [2.75, 3.05) is 4.90 Å². The van der Waals surface area contributed by atoms with E-state index in [0.717, 1.165) is 66.8 Å². The van der Waals surface area contributed by atoms with Gasteiger partial charge in [-0.2, -0.15) is 0 Å². The summed E-state index contributed by atoms with van der Waals surface area (Å²) in [7, 11) is 0. The highest BCUT2D eigenvalue weighted by molar-refractivity contribution is 6.16. The summed E-state index contributed by atoms with van der Waals surface area (Å²) < 4.78 is 9.03. The molecule has 0 atom stereocenters. The Balaban J connectivity index is 0.924. The average molecular weight is 1010 g/mol. The van der Waals surface area contributed by atoms with Crippen LogP contribution in [0.4, 0.5) is 17.1 Å². The van der Waals surface area contributed by atoms with Crippen LogP contribution >= 0.6 is 0 Å². The largest absolute Gasteiger partial charge is 0.456 e. The standard InChI is InChI=1S/C76H48N2O/c1-4-21-60-49(16-1)19-13-28-62(60)51-34-39-57(40-35-51)77(58-41-36-52(37-42-58)63-29-14-20-50-17-2-5-22-61(50)63)59-45-55(44-56(46-59)65-30-15-33-75-76(65)69-27-10-12-32-74(69)79-75)53-38-43-72-70(47-53)68-26-9-11-31-71(68)78(72)73-48-54-18-3-6-23-64(54)66-24-7-8-25-67(66)73/h1-48H. The Kier molecular flexibility index (Phi) is 10.3. The molecule has 79 heavy (non-hydrogen) atoms. The van der Waals surface area contributed by atoms with Crippen molar-refractivity contribution in [2.24, 2.45) is 0 Å². The molecule has 0 N–H and O–H groups in total. The molecule has 0 saturated carbocycles. The van der Waals surface area contributed by atoms with E-state index in [1.807, 2.05) is 6.07 Å². The third kappa shape index (κ3) is 7.35. The Hall–Kier alpha value is -10.5. The molecule has 3 nitrogen and oxygen atoms in total. The van der Waals surface area contributed by atoms with Gasteiger partial charge < -0.3 is 13.9 Å². The molecule has 368 valence electrons. The Morgan fingerprint density at radius 2 is 0.747 bits per heavy atom. The molecule has 0 unspecified atom stereocenters. The third-order valence-electron chi connectivity index (χ3n) is 16.3. The predicted octanol–water partition coefficient (Wildman–Crippen LogP) is 21.4. The van der Waals surface area contributed by atoms with Gasteiger partial charge in [0, 0.05) is 44.0 Å². The van der Waals surface area contributed by atoms with Crippen molar-refractivity contribution in [1.82, 2.24) is 4.57 Å². The number of benzene rings is 14. The van der Waals surface area contributed by atoms with Crippen molar-refractivity contribution in [3.05, 3.63) is 291 Å². The van der Waals surface area contributed by atoms with Crippen LogP contribution in [-0.2, 0) is 0 Å². The summed E-state index contributed by atoms with van der Waals surface area (Å²) in [4.78, 5) is 2.43. The maximum absolute atomic E-state index is 6.56. The lowest BCUT2D eigenvalue weighted by Gasteiger charge is -2.27. The smallest absolute Gasteiger partial charge is 0.136 e. The molecule has 16 rings (SSSR count). The molecule has 14 aromatic carbocycles. The molecule has 0 fully saturated rings. The van der Waals surface area contributed by atoms with Crippen LogP contribution in [0, 0.1) is 0 Å². The molecule has 2 heterocycles. The first kappa shape index (κ1) is 44.8.